The SMILES string of the molecule is O=C(CSc1ncnc2scc(-c3ccccc3)c12)Nc1ccc(Oc2ccccc2)cc1. The van der Waals surface area contributed by atoms with Gasteiger partial charge in [0.2, 0.25) is 5.91 Å². The minimum Gasteiger partial charge on any atom is -0.457 e. The second-order valence-corrected chi connectivity index (χ2v) is 8.97. The lowest BCUT2D eigenvalue weighted by Crippen LogP contribution is -2.14. The summed E-state index contributed by atoms with van der Waals surface area (Å²) < 4.78 is 5.79. The fraction of sp³-hybridized carbons (Fsp3) is 0.0385. The maximum Gasteiger partial charge on any atom is 0.234 e. The molecule has 162 valence electrons. The molecule has 3 aromatic carbocycles. The molecule has 0 fully saturated rings. The number of fused-ring (bicyclic) bond motifs is 1. The van der Waals surface area contributed by atoms with E-state index in [1.807, 2.05) is 72.8 Å². The molecule has 0 atom stereocenters. The molecule has 5 nitrogen and oxygen atoms in total. The normalized spacial score (nSPS) is 10.8. The van der Waals surface area contributed by atoms with Crippen LogP contribution in [0.2, 0.25) is 0 Å². The molecule has 0 bridgehead atoms. The number of carbonyl (C=O) groups excluding carboxylic acids is 1. The van der Waals surface area contributed by atoms with E-state index in [0.717, 1.165) is 32.1 Å². The van der Waals surface area contributed by atoms with E-state index in [0.29, 0.717) is 11.4 Å². The molecule has 0 radical (unpaired) electrons. The molecule has 0 aliphatic rings. The monoisotopic (exact) mass is 469 g/mol. The van der Waals surface area contributed by atoms with Crippen LogP contribution in [-0.2, 0) is 4.79 Å². The zero-order chi connectivity index (χ0) is 22.5. The summed E-state index contributed by atoms with van der Waals surface area (Å²) in [4.78, 5) is 22.4. The Bertz CT molecular complexity index is 1370. The molecule has 2 aromatic heterocycles. The highest BCUT2D eigenvalue weighted by Crippen LogP contribution is 2.37. The Morgan fingerprint density at radius 1 is 0.879 bits per heavy atom. The van der Waals surface area contributed by atoms with Crippen LogP contribution in [0.5, 0.6) is 11.5 Å². The molecule has 0 spiro atoms. The van der Waals surface area contributed by atoms with Crippen molar-refractivity contribution in [3.05, 3.63) is 96.6 Å². The van der Waals surface area contributed by atoms with E-state index in [9.17, 15) is 4.79 Å². The number of ether oxygens (including phenoxy) is 1. The third kappa shape index (κ3) is 5.05. The van der Waals surface area contributed by atoms with Crippen LogP contribution in [-0.4, -0.2) is 21.6 Å². The first-order valence-electron chi connectivity index (χ1n) is 10.3. The van der Waals surface area contributed by atoms with E-state index < -0.39 is 0 Å². The van der Waals surface area contributed by atoms with Crippen LogP contribution in [0.25, 0.3) is 21.3 Å². The number of anilines is 1. The molecular formula is C26H19N3O2S2. The Morgan fingerprint density at radius 3 is 2.33 bits per heavy atom. The molecule has 0 aliphatic heterocycles. The summed E-state index contributed by atoms with van der Waals surface area (Å²) in [5.74, 6) is 1.63. The number of nitrogens with one attached hydrogen (secondary N) is 1. The third-order valence-corrected chi connectivity index (χ3v) is 6.75. The molecule has 2 heterocycles. The number of hydrogen-bond acceptors (Lipinski definition) is 6. The molecular weight excluding hydrogens is 450 g/mol. The van der Waals surface area contributed by atoms with Crippen LogP contribution < -0.4 is 10.1 Å². The molecule has 7 heteroatoms. The average molecular weight is 470 g/mol. The van der Waals surface area contributed by atoms with E-state index in [1.54, 1.807) is 17.7 Å². The predicted molar refractivity (Wildman–Crippen MR) is 135 cm³/mol. The van der Waals surface area contributed by atoms with E-state index in [-0.39, 0.29) is 11.7 Å². The number of amides is 1. The third-order valence-electron chi connectivity index (χ3n) is 4.88. The van der Waals surface area contributed by atoms with Gasteiger partial charge in [-0.3, -0.25) is 4.79 Å². The quantitative estimate of drug-likeness (QED) is 0.208. The maximum absolute atomic E-state index is 12.6. The summed E-state index contributed by atoms with van der Waals surface area (Å²) in [6.07, 6.45) is 1.55. The van der Waals surface area contributed by atoms with Crippen LogP contribution in [0.1, 0.15) is 0 Å². The summed E-state index contributed by atoms with van der Waals surface area (Å²) in [6.45, 7) is 0. The van der Waals surface area contributed by atoms with E-state index in [4.69, 9.17) is 4.74 Å². The summed E-state index contributed by atoms with van der Waals surface area (Å²) in [6, 6.07) is 27.1. The van der Waals surface area contributed by atoms with Crippen LogP contribution >= 0.6 is 23.1 Å². The Hall–Kier alpha value is -3.68. The number of thioether (sulfide) groups is 1. The van der Waals surface area contributed by atoms with Crippen molar-refractivity contribution in [1.29, 1.82) is 0 Å². The topological polar surface area (TPSA) is 64.1 Å². The van der Waals surface area contributed by atoms with Crippen LogP contribution in [0.3, 0.4) is 0 Å². The predicted octanol–water partition coefficient (Wildman–Crippen LogP) is 6.88. The van der Waals surface area contributed by atoms with Crippen molar-refractivity contribution in [3.8, 4) is 22.6 Å². The number of nitrogens with zero attached hydrogens (tertiary/aromatic N) is 2. The first-order chi connectivity index (χ1) is 16.3. The van der Waals surface area contributed by atoms with Gasteiger partial charge in [-0.1, -0.05) is 60.3 Å². The van der Waals surface area contributed by atoms with Crippen LogP contribution in [0.15, 0.2) is 102 Å². The fourth-order valence-corrected chi connectivity index (χ4v) is 5.14. The van der Waals surface area contributed by atoms with Gasteiger partial charge in [-0.25, -0.2) is 9.97 Å². The minimum absolute atomic E-state index is 0.0972. The van der Waals surface area contributed by atoms with Crippen molar-refractivity contribution < 1.29 is 9.53 Å². The Labute approximate surface area is 199 Å². The molecule has 0 unspecified atom stereocenters. The molecule has 1 N–H and O–H groups in total. The summed E-state index contributed by atoms with van der Waals surface area (Å²) in [5.41, 5.74) is 2.92. The number of thiophene rings is 1. The Balaban J connectivity index is 1.25. The number of hydrogen-bond donors (Lipinski definition) is 1. The Morgan fingerprint density at radius 2 is 1.58 bits per heavy atom. The van der Waals surface area contributed by atoms with Gasteiger partial charge in [-0.2, -0.15) is 0 Å². The lowest BCUT2D eigenvalue weighted by Gasteiger charge is -2.08. The van der Waals surface area contributed by atoms with Gasteiger partial charge in [0.15, 0.2) is 0 Å². The number of carbonyl (C=O) groups is 1. The van der Waals surface area contributed by atoms with E-state index >= 15 is 0 Å². The zero-order valence-corrected chi connectivity index (χ0v) is 19.1. The average Bonchev–Trinajstić information content (AvgIpc) is 3.30. The first-order valence-corrected chi connectivity index (χ1v) is 12.2. The molecule has 0 saturated heterocycles. The summed E-state index contributed by atoms with van der Waals surface area (Å²) in [5, 5.41) is 6.83. The Kier molecular flexibility index (Phi) is 6.32. The number of para-hydroxylation sites is 1. The number of aromatic nitrogens is 2. The first kappa shape index (κ1) is 21.2. The molecule has 5 aromatic rings. The van der Waals surface area contributed by atoms with Gasteiger partial charge < -0.3 is 10.1 Å². The molecule has 33 heavy (non-hydrogen) atoms. The summed E-state index contributed by atoms with van der Waals surface area (Å²) >= 11 is 3.00. The van der Waals surface area contributed by atoms with E-state index in [1.165, 1.54) is 11.8 Å². The van der Waals surface area contributed by atoms with Crippen molar-refractivity contribution >= 4 is 44.9 Å². The molecule has 0 aliphatic carbocycles. The van der Waals surface area contributed by atoms with Gasteiger partial charge in [-0.05, 0) is 42.0 Å². The fourth-order valence-electron chi connectivity index (χ4n) is 3.35. The van der Waals surface area contributed by atoms with Crippen molar-refractivity contribution in [2.24, 2.45) is 0 Å². The number of rotatable bonds is 7. The molecule has 0 saturated carbocycles. The molecule has 5 rings (SSSR count). The van der Waals surface area contributed by atoms with Crippen molar-refractivity contribution in [2.75, 3.05) is 11.1 Å². The lowest BCUT2D eigenvalue weighted by molar-refractivity contribution is -0.113. The minimum atomic E-state index is -0.0972. The van der Waals surface area contributed by atoms with Gasteiger partial charge in [0.25, 0.3) is 0 Å². The van der Waals surface area contributed by atoms with Gasteiger partial charge in [-0.15, -0.1) is 11.3 Å². The van der Waals surface area contributed by atoms with Gasteiger partial charge in [0.05, 0.1) is 11.1 Å². The second-order valence-electron chi connectivity index (χ2n) is 7.15. The smallest absolute Gasteiger partial charge is 0.234 e. The van der Waals surface area contributed by atoms with Crippen LogP contribution in [0.4, 0.5) is 5.69 Å². The standard InChI is InChI=1S/C26H19N3O2S2/c30-23(29-19-11-13-21(14-12-19)31-20-9-5-2-6-10-20)16-33-26-24-22(18-7-3-1-4-8-18)15-32-25(24)27-17-28-26/h1-15,17H,16H2,(H,29,30). The largest absolute Gasteiger partial charge is 0.457 e. The highest BCUT2D eigenvalue weighted by atomic mass is 32.2. The van der Waals surface area contributed by atoms with E-state index in [2.05, 4.69) is 32.8 Å². The van der Waals surface area contributed by atoms with Gasteiger partial charge in [0, 0.05) is 16.6 Å². The van der Waals surface area contributed by atoms with Crippen molar-refractivity contribution in [1.82, 2.24) is 9.97 Å². The highest BCUT2D eigenvalue weighted by molar-refractivity contribution is 8.00. The zero-order valence-electron chi connectivity index (χ0n) is 17.5. The number of benzene rings is 3. The van der Waals surface area contributed by atoms with Crippen molar-refractivity contribution in [2.45, 2.75) is 5.03 Å². The lowest BCUT2D eigenvalue weighted by atomic mass is 10.1. The second kappa shape index (κ2) is 9.85. The van der Waals surface area contributed by atoms with Crippen molar-refractivity contribution in [3.63, 3.8) is 0 Å². The van der Waals surface area contributed by atoms with Gasteiger partial charge in [0.1, 0.15) is 27.7 Å². The highest BCUT2D eigenvalue weighted by Gasteiger charge is 2.14. The maximum atomic E-state index is 12.6. The molecule has 1 amide bonds. The van der Waals surface area contributed by atoms with Gasteiger partial charge >= 0.3 is 0 Å². The summed E-state index contributed by atoms with van der Waals surface area (Å²) in [7, 11) is 0. The van der Waals surface area contributed by atoms with Crippen LogP contribution in [0, 0.1) is 0 Å².